The largest absolute Gasteiger partial charge is 0.497 e. The van der Waals surface area contributed by atoms with Gasteiger partial charge in [-0.15, -0.1) is 0 Å². The van der Waals surface area contributed by atoms with E-state index in [2.05, 4.69) is 27.1 Å². The van der Waals surface area contributed by atoms with Gasteiger partial charge in [-0.25, -0.2) is 14.8 Å². The summed E-state index contributed by atoms with van der Waals surface area (Å²) in [5, 5.41) is 3.58. The zero-order valence-corrected chi connectivity index (χ0v) is 29.1. The highest BCUT2D eigenvalue weighted by Gasteiger charge is 2.21. The number of benzene rings is 3. The predicted octanol–water partition coefficient (Wildman–Crippen LogP) is 6.40. The van der Waals surface area contributed by atoms with Crippen LogP contribution in [0.25, 0.3) is 10.9 Å². The molecule has 1 N–H and O–H groups in total. The van der Waals surface area contributed by atoms with Crippen molar-refractivity contribution < 1.29 is 28.5 Å². The quantitative estimate of drug-likeness (QED) is 0.113. The van der Waals surface area contributed by atoms with Crippen LogP contribution in [0.15, 0.2) is 91.5 Å². The molecule has 258 valence electrons. The molecule has 0 aliphatic heterocycles. The molecule has 5 aromatic rings. The van der Waals surface area contributed by atoms with Gasteiger partial charge in [0.25, 0.3) is 5.91 Å². The minimum Gasteiger partial charge on any atom is -0.497 e. The fourth-order valence-electron chi connectivity index (χ4n) is 5.25. The number of ether oxygens (including phenoxy) is 4. The number of carbonyl (C=O) groups is 2. The smallest absolute Gasteiger partial charge is 0.339 e. The van der Waals surface area contributed by atoms with Gasteiger partial charge in [-0.05, 0) is 86.8 Å². The van der Waals surface area contributed by atoms with E-state index in [1.807, 2.05) is 74.0 Å². The second-order valence-corrected chi connectivity index (χ2v) is 12.8. The lowest BCUT2D eigenvalue weighted by atomic mass is 10.0. The van der Waals surface area contributed by atoms with Crippen molar-refractivity contribution in [3.05, 3.63) is 119 Å². The molecule has 10 heteroatoms. The summed E-state index contributed by atoms with van der Waals surface area (Å²) < 4.78 is 24.3. The third-order valence-corrected chi connectivity index (χ3v) is 7.61. The molecule has 2 aromatic heterocycles. The standard InChI is InChI=1S/C40H42N4O6/c1-40(2,3)50-33-16-9-29(10-17-33)22-31(26-47-4)42-38(45)37-24-35(39(46)49-25-30-11-14-32(48-5)15-12-30)34-23-28(13-18-36(34)43-37)8-6-7-20-44-21-19-41-27-44/h9-19,21,23-24,27,31H,7,20,22,25-26H2,1-5H3,(H,42,45)/t31-/m0/s1. The molecule has 10 nitrogen and oxygen atoms in total. The maximum atomic E-state index is 13.7. The molecular weight excluding hydrogens is 632 g/mol. The second-order valence-electron chi connectivity index (χ2n) is 12.8. The topological polar surface area (TPSA) is 114 Å². The summed E-state index contributed by atoms with van der Waals surface area (Å²) >= 11 is 0. The Kier molecular flexibility index (Phi) is 11.9. The SMILES string of the molecule is COC[C@H](Cc1ccc(OC(C)(C)C)cc1)NC(=O)c1cc(C(=O)OCc2ccc(OC)cc2)c2cc(C#CCCn3ccnc3)ccc2n1. The maximum absolute atomic E-state index is 13.7. The number of hydrogen-bond donors (Lipinski definition) is 1. The molecule has 0 radical (unpaired) electrons. The van der Waals surface area contributed by atoms with Gasteiger partial charge in [-0.2, -0.15) is 0 Å². The number of methoxy groups -OCH3 is 2. The highest BCUT2D eigenvalue weighted by molar-refractivity contribution is 6.06. The Bertz CT molecular complexity index is 1950. The second kappa shape index (κ2) is 16.6. The van der Waals surface area contributed by atoms with Gasteiger partial charge in [0.05, 0.1) is 37.2 Å². The zero-order chi connectivity index (χ0) is 35.5. The van der Waals surface area contributed by atoms with Crippen molar-refractivity contribution in [2.45, 2.75) is 58.4 Å². The fraction of sp³-hybridized carbons (Fsp3) is 0.300. The van der Waals surface area contributed by atoms with E-state index in [9.17, 15) is 9.59 Å². The van der Waals surface area contributed by atoms with E-state index < -0.39 is 11.9 Å². The van der Waals surface area contributed by atoms with Crippen LogP contribution in [0.1, 0.15) is 64.7 Å². The number of esters is 1. The van der Waals surface area contributed by atoms with Crippen LogP contribution in [-0.4, -0.2) is 58.9 Å². The van der Waals surface area contributed by atoms with Crippen molar-refractivity contribution >= 4 is 22.8 Å². The Morgan fingerprint density at radius 1 is 0.940 bits per heavy atom. The normalized spacial score (nSPS) is 11.7. The Morgan fingerprint density at radius 2 is 1.68 bits per heavy atom. The minimum atomic E-state index is -0.585. The summed E-state index contributed by atoms with van der Waals surface area (Å²) in [5.74, 6) is 6.80. The van der Waals surface area contributed by atoms with Crippen molar-refractivity contribution in [2.75, 3.05) is 20.8 Å². The van der Waals surface area contributed by atoms with Crippen molar-refractivity contribution in [2.24, 2.45) is 0 Å². The van der Waals surface area contributed by atoms with Gasteiger partial charge in [0, 0.05) is 43.4 Å². The average molecular weight is 675 g/mol. The van der Waals surface area contributed by atoms with Gasteiger partial charge in [0.1, 0.15) is 29.4 Å². The van der Waals surface area contributed by atoms with Crippen LogP contribution >= 0.6 is 0 Å². The Balaban J connectivity index is 1.38. The Morgan fingerprint density at radius 3 is 2.36 bits per heavy atom. The molecule has 2 heterocycles. The molecule has 1 amide bonds. The molecule has 1 atom stereocenters. The van der Waals surface area contributed by atoms with E-state index in [4.69, 9.17) is 18.9 Å². The van der Waals surface area contributed by atoms with Crippen molar-refractivity contribution in [1.82, 2.24) is 19.9 Å². The monoisotopic (exact) mass is 674 g/mol. The molecule has 0 aliphatic rings. The van der Waals surface area contributed by atoms with Crippen LogP contribution in [0.5, 0.6) is 11.5 Å². The van der Waals surface area contributed by atoms with Gasteiger partial charge < -0.3 is 28.8 Å². The van der Waals surface area contributed by atoms with Crippen LogP contribution in [0.2, 0.25) is 0 Å². The number of hydrogen-bond acceptors (Lipinski definition) is 8. The number of carbonyl (C=O) groups excluding carboxylic acids is 2. The number of rotatable bonds is 13. The average Bonchev–Trinajstić information content (AvgIpc) is 3.63. The number of aryl methyl sites for hydroxylation is 1. The third kappa shape index (κ3) is 10.2. The first-order chi connectivity index (χ1) is 24.1. The predicted molar refractivity (Wildman–Crippen MR) is 191 cm³/mol. The molecule has 0 saturated carbocycles. The van der Waals surface area contributed by atoms with Gasteiger partial charge >= 0.3 is 5.97 Å². The van der Waals surface area contributed by atoms with Crippen molar-refractivity contribution in [3.63, 3.8) is 0 Å². The molecule has 0 saturated heterocycles. The van der Waals surface area contributed by atoms with Crippen LogP contribution < -0.4 is 14.8 Å². The Hall–Kier alpha value is -5.66. The number of pyridine rings is 1. The number of nitrogens with one attached hydrogen (secondary N) is 1. The summed E-state index contributed by atoms with van der Waals surface area (Å²) in [7, 11) is 3.18. The molecule has 0 spiro atoms. The van der Waals surface area contributed by atoms with E-state index >= 15 is 0 Å². The lowest BCUT2D eigenvalue weighted by Crippen LogP contribution is -2.40. The molecule has 3 aromatic carbocycles. The third-order valence-electron chi connectivity index (χ3n) is 7.61. The van der Waals surface area contributed by atoms with E-state index in [-0.39, 0.29) is 36.1 Å². The Labute approximate surface area is 292 Å². The van der Waals surface area contributed by atoms with Gasteiger partial charge in [-0.3, -0.25) is 4.79 Å². The number of nitrogens with zero attached hydrogens (tertiary/aromatic N) is 3. The number of aromatic nitrogens is 3. The molecule has 0 unspecified atom stereocenters. The van der Waals surface area contributed by atoms with E-state index in [0.717, 1.165) is 16.9 Å². The summed E-state index contributed by atoms with van der Waals surface area (Å²) in [4.78, 5) is 36.0. The lowest BCUT2D eigenvalue weighted by molar-refractivity contribution is 0.0475. The molecule has 50 heavy (non-hydrogen) atoms. The van der Waals surface area contributed by atoms with Crippen LogP contribution in [0.3, 0.4) is 0 Å². The van der Waals surface area contributed by atoms with E-state index in [0.29, 0.717) is 41.6 Å². The van der Waals surface area contributed by atoms with Crippen molar-refractivity contribution in [3.8, 4) is 23.3 Å². The number of fused-ring (bicyclic) bond motifs is 1. The molecule has 0 fully saturated rings. The van der Waals surface area contributed by atoms with E-state index in [1.54, 1.807) is 51.0 Å². The molecular formula is C40H42N4O6. The first kappa shape index (κ1) is 35.6. The first-order valence-corrected chi connectivity index (χ1v) is 16.4. The molecule has 5 rings (SSSR count). The molecule has 0 aliphatic carbocycles. The van der Waals surface area contributed by atoms with Crippen LogP contribution in [-0.2, 0) is 29.0 Å². The summed E-state index contributed by atoms with van der Waals surface area (Å²) in [6, 6.07) is 21.6. The van der Waals surface area contributed by atoms with Gasteiger partial charge in [0.15, 0.2) is 0 Å². The fourth-order valence-corrected chi connectivity index (χ4v) is 5.25. The summed E-state index contributed by atoms with van der Waals surface area (Å²) in [6.07, 6.45) is 6.51. The maximum Gasteiger partial charge on any atom is 0.339 e. The minimum absolute atomic E-state index is 0.0391. The highest BCUT2D eigenvalue weighted by atomic mass is 16.5. The number of imidazole rings is 1. The van der Waals surface area contributed by atoms with E-state index in [1.165, 1.54) is 6.07 Å². The van der Waals surface area contributed by atoms with Crippen LogP contribution in [0.4, 0.5) is 0 Å². The van der Waals surface area contributed by atoms with Crippen molar-refractivity contribution in [1.29, 1.82) is 0 Å². The summed E-state index contributed by atoms with van der Waals surface area (Å²) in [6.45, 7) is 7.02. The molecule has 0 bridgehead atoms. The van der Waals surface area contributed by atoms with Gasteiger partial charge in [0.2, 0.25) is 0 Å². The van der Waals surface area contributed by atoms with Gasteiger partial charge in [-0.1, -0.05) is 36.1 Å². The number of amides is 1. The first-order valence-electron chi connectivity index (χ1n) is 16.4. The lowest BCUT2D eigenvalue weighted by Gasteiger charge is -2.22. The highest BCUT2D eigenvalue weighted by Crippen LogP contribution is 2.23. The zero-order valence-electron chi connectivity index (χ0n) is 29.1. The van der Waals surface area contributed by atoms with Crippen LogP contribution in [0, 0.1) is 11.8 Å². The summed E-state index contributed by atoms with van der Waals surface area (Å²) in [5.41, 5.74) is 2.97.